The number of hydrogen-bond acceptors (Lipinski definition) is 3. The van der Waals surface area contributed by atoms with Crippen LogP contribution >= 0.6 is 0 Å². The fraction of sp³-hybridized carbons (Fsp3) is 0.188. The van der Waals surface area contributed by atoms with Gasteiger partial charge >= 0.3 is 5.97 Å². The third-order valence-electron chi connectivity index (χ3n) is 3.21. The summed E-state index contributed by atoms with van der Waals surface area (Å²) in [5.74, 6) is -1.51. The third kappa shape index (κ3) is 3.18. The molecule has 110 valence electrons. The molecule has 0 radical (unpaired) electrons. The van der Waals surface area contributed by atoms with Crippen LogP contribution < -0.4 is 5.32 Å². The molecule has 0 aliphatic carbocycles. The maximum atomic E-state index is 13.4. The van der Waals surface area contributed by atoms with Crippen LogP contribution in [0.1, 0.15) is 12.5 Å². The Morgan fingerprint density at radius 2 is 1.71 bits per heavy atom. The van der Waals surface area contributed by atoms with Crippen LogP contribution in [-0.2, 0) is 15.1 Å². The number of rotatable bonds is 4. The van der Waals surface area contributed by atoms with E-state index in [1.54, 1.807) is 19.1 Å². The number of ether oxygens (including phenoxy) is 1. The lowest BCUT2D eigenvalue weighted by Gasteiger charge is -2.29. The molecule has 0 aliphatic heterocycles. The average Bonchev–Trinajstić information content (AvgIpc) is 2.46. The molecule has 21 heavy (non-hydrogen) atoms. The zero-order valence-electron chi connectivity index (χ0n) is 11.7. The summed E-state index contributed by atoms with van der Waals surface area (Å²) in [5, 5.41) is 2.91. The molecule has 1 unspecified atom stereocenters. The number of anilines is 1. The fourth-order valence-corrected chi connectivity index (χ4v) is 2.10. The van der Waals surface area contributed by atoms with Gasteiger partial charge in [-0.25, -0.2) is 13.6 Å². The molecular formula is C16H15F2NO2. The van der Waals surface area contributed by atoms with Crippen LogP contribution in [0.15, 0.2) is 48.5 Å². The van der Waals surface area contributed by atoms with Gasteiger partial charge in [-0.15, -0.1) is 0 Å². The molecular weight excluding hydrogens is 276 g/mol. The topological polar surface area (TPSA) is 38.3 Å². The molecule has 0 fully saturated rings. The monoisotopic (exact) mass is 291 g/mol. The van der Waals surface area contributed by atoms with Crippen LogP contribution in [0, 0.1) is 11.6 Å². The van der Waals surface area contributed by atoms with E-state index in [4.69, 9.17) is 4.74 Å². The van der Waals surface area contributed by atoms with Crippen molar-refractivity contribution in [1.29, 1.82) is 0 Å². The summed E-state index contributed by atoms with van der Waals surface area (Å²) in [7, 11) is 1.24. The van der Waals surface area contributed by atoms with Crippen LogP contribution in [0.25, 0.3) is 0 Å². The van der Waals surface area contributed by atoms with E-state index in [1.807, 2.05) is 0 Å². The lowest BCUT2D eigenvalue weighted by Crippen LogP contribution is -2.41. The molecule has 0 amide bonds. The first-order valence-electron chi connectivity index (χ1n) is 6.34. The van der Waals surface area contributed by atoms with Crippen molar-refractivity contribution in [3.8, 4) is 0 Å². The van der Waals surface area contributed by atoms with E-state index >= 15 is 0 Å². The molecule has 1 N–H and O–H groups in total. The Labute approximate surface area is 121 Å². The fourth-order valence-electron chi connectivity index (χ4n) is 2.10. The molecule has 0 aromatic heterocycles. The van der Waals surface area contributed by atoms with Crippen LogP contribution in [0.2, 0.25) is 0 Å². The zero-order valence-corrected chi connectivity index (χ0v) is 11.7. The molecule has 2 aromatic carbocycles. The van der Waals surface area contributed by atoms with Crippen molar-refractivity contribution in [2.45, 2.75) is 12.5 Å². The SMILES string of the molecule is COC(=O)C(C)(Nc1cccc(F)c1)c1cccc(F)c1. The predicted molar refractivity (Wildman–Crippen MR) is 75.8 cm³/mol. The lowest BCUT2D eigenvalue weighted by atomic mass is 9.91. The highest BCUT2D eigenvalue weighted by Crippen LogP contribution is 2.28. The number of esters is 1. The van der Waals surface area contributed by atoms with Crippen LogP contribution in [0.3, 0.4) is 0 Å². The number of hydrogen-bond donors (Lipinski definition) is 1. The number of nitrogens with one attached hydrogen (secondary N) is 1. The summed E-state index contributed by atoms with van der Waals surface area (Å²) in [6, 6.07) is 11.3. The van der Waals surface area contributed by atoms with E-state index in [0.29, 0.717) is 11.3 Å². The average molecular weight is 291 g/mol. The Bertz CT molecular complexity index is 660. The Morgan fingerprint density at radius 1 is 1.10 bits per heavy atom. The van der Waals surface area contributed by atoms with Gasteiger partial charge in [0.25, 0.3) is 0 Å². The summed E-state index contributed by atoms with van der Waals surface area (Å²) < 4.78 is 31.5. The van der Waals surface area contributed by atoms with Crippen molar-refractivity contribution in [3.63, 3.8) is 0 Å². The van der Waals surface area contributed by atoms with Gasteiger partial charge in [0.05, 0.1) is 7.11 Å². The smallest absolute Gasteiger partial charge is 0.335 e. The minimum atomic E-state index is -1.33. The molecule has 0 saturated carbocycles. The molecule has 0 saturated heterocycles. The van der Waals surface area contributed by atoms with Crippen molar-refractivity contribution in [3.05, 3.63) is 65.7 Å². The van der Waals surface area contributed by atoms with Crippen molar-refractivity contribution in [2.75, 3.05) is 12.4 Å². The number of carbonyl (C=O) groups excluding carboxylic acids is 1. The summed E-state index contributed by atoms with van der Waals surface area (Å²) in [5.41, 5.74) is -0.546. The Balaban J connectivity index is 2.45. The van der Waals surface area contributed by atoms with E-state index in [-0.39, 0.29) is 0 Å². The third-order valence-corrected chi connectivity index (χ3v) is 3.21. The molecule has 0 spiro atoms. The summed E-state index contributed by atoms with van der Waals surface area (Å²) in [4.78, 5) is 12.1. The van der Waals surface area contributed by atoms with Gasteiger partial charge < -0.3 is 10.1 Å². The standard InChI is InChI=1S/C16H15F2NO2/c1-16(15(20)21-2,11-5-3-6-12(17)9-11)19-14-8-4-7-13(18)10-14/h3-10,19H,1-2H3. The molecule has 5 heteroatoms. The van der Waals surface area contributed by atoms with Gasteiger partial charge in [-0.2, -0.15) is 0 Å². The van der Waals surface area contributed by atoms with E-state index in [0.717, 1.165) is 0 Å². The highest BCUT2D eigenvalue weighted by atomic mass is 19.1. The van der Waals surface area contributed by atoms with Crippen molar-refractivity contribution in [2.24, 2.45) is 0 Å². The number of carbonyl (C=O) groups is 1. The zero-order chi connectivity index (χ0) is 15.5. The maximum Gasteiger partial charge on any atom is 0.335 e. The van der Waals surface area contributed by atoms with E-state index in [9.17, 15) is 13.6 Å². The lowest BCUT2D eigenvalue weighted by molar-refractivity contribution is -0.145. The van der Waals surface area contributed by atoms with Crippen LogP contribution in [0.5, 0.6) is 0 Å². The Morgan fingerprint density at radius 3 is 2.29 bits per heavy atom. The molecule has 0 aliphatic rings. The van der Waals surface area contributed by atoms with Gasteiger partial charge in [0.1, 0.15) is 11.6 Å². The minimum Gasteiger partial charge on any atom is -0.467 e. The van der Waals surface area contributed by atoms with E-state index < -0.39 is 23.1 Å². The predicted octanol–water partition coefficient (Wildman–Crippen LogP) is 3.47. The molecule has 2 rings (SSSR count). The second kappa shape index (κ2) is 5.91. The van der Waals surface area contributed by atoms with Gasteiger partial charge in [-0.3, -0.25) is 0 Å². The summed E-state index contributed by atoms with van der Waals surface area (Å²) in [6.07, 6.45) is 0. The highest BCUT2D eigenvalue weighted by Gasteiger charge is 2.36. The number of benzene rings is 2. The largest absolute Gasteiger partial charge is 0.467 e. The highest BCUT2D eigenvalue weighted by molar-refractivity contribution is 5.85. The first-order chi connectivity index (χ1) is 9.95. The minimum absolute atomic E-state index is 0.388. The number of methoxy groups -OCH3 is 1. The van der Waals surface area contributed by atoms with Crippen molar-refractivity contribution >= 4 is 11.7 Å². The second-order valence-corrected chi connectivity index (χ2v) is 4.76. The Kier molecular flexibility index (Phi) is 4.21. The maximum absolute atomic E-state index is 13.4. The summed E-state index contributed by atoms with van der Waals surface area (Å²) >= 11 is 0. The summed E-state index contributed by atoms with van der Waals surface area (Å²) in [6.45, 7) is 1.55. The molecule has 0 heterocycles. The van der Waals surface area contributed by atoms with Crippen molar-refractivity contribution in [1.82, 2.24) is 0 Å². The quantitative estimate of drug-likeness (QED) is 0.877. The number of halogens is 2. The molecule has 3 nitrogen and oxygen atoms in total. The van der Waals surface area contributed by atoms with E-state index in [1.165, 1.54) is 43.5 Å². The normalized spacial score (nSPS) is 13.3. The van der Waals surface area contributed by atoms with Gasteiger partial charge in [0.2, 0.25) is 0 Å². The second-order valence-electron chi connectivity index (χ2n) is 4.76. The van der Waals surface area contributed by atoms with E-state index in [2.05, 4.69) is 5.32 Å². The molecule has 2 aromatic rings. The first-order valence-corrected chi connectivity index (χ1v) is 6.34. The van der Waals surface area contributed by atoms with Gasteiger partial charge in [0.15, 0.2) is 5.54 Å². The molecule has 1 atom stereocenters. The Hall–Kier alpha value is -2.43. The van der Waals surface area contributed by atoms with Crippen molar-refractivity contribution < 1.29 is 18.3 Å². The van der Waals surface area contributed by atoms with Crippen LogP contribution in [0.4, 0.5) is 14.5 Å². The molecule has 0 bridgehead atoms. The van der Waals surface area contributed by atoms with Gasteiger partial charge in [-0.05, 0) is 42.8 Å². The van der Waals surface area contributed by atoms with Gasteiger partial charge in [-0.1, -0.05) is 18.2 Å². The van der Waals surface area contributed by atoms with Gasteiger partial charge in [0, 0.05) is 5.69 Å². The van der Waals surface area contributed by atoms with Crippen LogP contribution in [-0.4, -0.2) is 13.1 Å². The first kappa shape index (κ1) is 15.0.